The maximum atomic E-state index is 13.2. The van der Waals surface area contributed by atoms with Crippen LogP contribution in [-0.4, -0.2) is 38.7 Å². The molecule has 7 heteroatoms. The minimum atomic E-state index is 0.0857. The Morgan fingerprint density at radius 1 is 1.30 bits per heavy atom. The molecule has 1 aliphatic carbocycles. The molecule has 1 amide bonds. The summed E-state index contributed by atoms with van der Waals surface area (Å²) < 4.78 is 1.80. The van der Waals surface area contributed by atoms with E-state index >= 15 is 0 Å². The quantitative estimate of drug-likeness (QED) is 0.560. The van der Waals surface area contributed by atoms with E-state index in [9.17, 15) is 9.59 Å². The van der Waals surface area contributed by atoms with Gasteiger partial charge in [-0.15, -0.1) is 11.3 Å². The normalized spacial score (nSPS) is 19.6. The number of carbonyl (C=O) groups is 1. The Morgan fingerprint density at radius 3 is 2.93 bits per heavy atom. The summed E-state index contributed by atoms with van der Waals surface area (Å²) in [6.07, 6.45) is 7.46. The minimum Gasteiger partial charge on any atom is -0.339 e. The van der Waals surface area contributed by atoms with Crippen LogP contribution in [0.1, 0.15) is 56.4 Å². The number of rotatable bonds is 5. The van der Waals surface area contributed by atoms with E-state index in [4.69, 9.17) is 4.98 Å². The van der Waals surface area contributed by atoms with Gasteiger partial charge in [0.25, 0.3) is 5.56 Å². The van der Waals surface area contributed by atoms with Gasteiger partial charge in [0.05, 0.1) is 11.1 Å². The third-order valence-corrected chi connectivity index (χ3v) is 7.83. The predicted molar refractivity (Wildman–Crippen MR) is 112 cm³/mol. The Bertz CT molecular complexity index is 918. The molecule has 0 radical (unpaired) electrons. The first-order valence-corrected chi connectivity index (χ1v) is 11.9. The summed E-state index contributed by atoms with van der Waals surface area (Å²) >= 11 is 3.10. The number of aryl methyl sites for hydroxylation is 2. The standard InChI is InChI=1S/C20H27N3O2S2/c1-3-10-23-19(25)17-14-8-6-9-15(14)27-18(17)21-20(23)26-12-16(24)22-11-5-4-7-13(22)2/h13H,3-12H2,1-2H3. The van der Waals surface area contributed by atoms with Gasteiger partial charge in [0.2, 0.25) is 5.91 Å². The Balaban J connectivity index is 1.62. The second kappa shape index (κ2) is 7.95. The average molecular weight is 406 g/mol. The lowest BCUT2D eigenvalue weighted by Crippen LogP contribution is -2.43. The summed E-state index contributed by atoms with van der Waals surface area (Å²) in [6, 6.07) is 0.320. The fraction of sp³-hybridized carbons (Fsp3) is 0.650. The number of amides is 1. The van der Waals surface area contributed by atoms with Gasteiger partial charge >= 0.3 is 0 Å². The molecule has 2 aromatic rings. The van der Waals surface area contributed by atoms with Crippen molar-refractivity contribution in [2.45, 2.75) is 76.5 Å². The van der Waals surface area contributed by atoms with Crippen LogP contribution >= 0.6 is 23.1 Å². The number of carbonyl (C=O) groups excluding carboxylic acids is 1. The molecule has 1 fully saturated rings. The van der Waals surface area contributed by atoms with Gasteiger partial charge in [0, 0.05) is 24.0 Å². The summed E-state index contributed by atoms with van der Waals surface area (Å²) in [5.41, 5.74) is 1.31. The highest BCUT2D eigenvalue weighted by molar-refractivity contribution is 7.99. The summed E-state index contributed by atoms with van der Waals surface area (Å²) in [6.45, 7) is 5.71. The average Bonchev–Trinajstić information content (AvgIpc) is 3.23. The molecule has 0 bridgehead atoms. The second-order valence-corrected chi connectivity index (χ2v) is 9.64. The van der Waals surface area contributed by atoms with E-state index in [2.05, 4.69) is 13.8 Å². The number of fused-ring (bicyclic) bond motifs is 3. The first-order chi connectivity index (χ1) is 13.1. The SMILES string of the molecule is CCCn1c(SCC(=O)N2CCCCC2C)nc2sc3c(c2c1=O)CCC3. The molecule has 1 aliphatic heterocycles. The third-order valence-electron chi connectivity index (χ3n) is 5.69. The second-order valence-electron chi connectivity index (χ2n) is 7.61. The molecular weight excluding hydrogens is 378 g/mol. The van der Waals surface area contributed by atoms with Crippen LogP contribution in [-0.2, 0) is 24.2 Å². The topological polar surface area (TPSA) is 55.2 Å². The molecule has 4 rings (SSSR count). The van der Waals surface area contributed by atoms with Crippen LogP contribution in [0.3, 0.4) is 0 Å². The highest BCUT2D eigenvalue weighted by atomic mass is 32.2. The summed E-state index contributed by atoms with van der Waals surface area (Å²) in [7, 11) is 0. The van der Waals surface area contributed by atoms with Crippen LogP contribution in [0.4, 0.5) is 0 Å². The lowest BCUT2D eigenvalue weighted by Gasteiger charge is -2.33. The van der Waals surface area contributed by atoms with Gasteiger partial charge in [-0.3, -0.25) is 14.2 Å². The van der Waals surface area contributed by atoms with Gasteiger partial charge in [-0.1, -0.05) is 18.7 Å². The minimum absolute atomic E-state index is 0.0857. The Labute approximate surface area is 168 Å². The summed E-state index contributed by atoms with van der Waals surface area (Å²) in [5.74, 6) is 0.523. The van der Waals surface area contributed by atoms with Gasteiger partial charge < -0.3 is 4.90 Å². The monoisotopic (exact) mass is 405 g/mol. The van der Waals surface area contributed by atoms with Gasteiger partial charge in [-0.25, -0.2) is 4.98 Å². The van der Waals surface area contributed by atoms with Crippen LogP contribution in [0.15, 0.2) is 9.95 Å². The van der Waals surface area contributed by atoms with E-state index in [1.807, 2.05) is 4.90 Å². The third kappa shape index (κ3) is 3.56. The molecule has 0 aromatic carbocycles. The van der Waals surface area contributed by atoms with E-state index in [-0.39, 0.29) is 11.5 Å². The summed E-state index contributed by atoms with van der Waals surface area (Å²) in [5, 5.41) is 1.54. The molecule has 27 heavy (non-hydrogen) atoms. The van der Waals surface area contributed by atoms with Crippen molar-refractivity contribution in [1.82, 2.24) is 14.5 Å². The molecule has 2 aliphatic rings. The highest BCUT2D eigenvalue weighted by Crippen LogP contribution is 2.35. The van der Waals surface area contributed by atoms with Crippen molar-refractivity contribution in [3.05, 3.63) is 20.8 Å². The number of hydrogen-bond acceptors (Lipinski definition) is 5. The maximum absolute atomic E-state index is 13.2. The van der Waals surface area contributed by atoms with Crippen molar-refractivity contribution in [2.75, 3.05) is 12.3 Å². The largest absolute Gasteiger partial charge is 0.339 e. The fourth-order valence-electron chi connectivity index (χ4n) is 4.27. The van der Waals surface area contributed by atoms with Crippen molar-refractivity contribution in [3.63, 3.8) is 0 Å². The van der Waals surface area contributed by atoms with Gasteiger partial charge in [-0.2, -0.15) is 0 Å². The van der Waals surface area contributed by atoms with Crippen molar-refractivity contribution >= 4 is 39.2 Å². The lowest BCUT2D eigenvalue weighted by molar-refractivity contribution is -0.131. The molecule has 3 heterocycles. The van der Waals surface area contributed by atoms with Crippen molar-refractivity contribution in [3.8, 4) is 0 Å². The first kappa shape index (κ1) is 19.0. The first-order valence-electron chi connectivity index (χ1n) is 10.1. The van der Waals surface area contributed by atoms with Crippen molar-refractivity contribution < 1.29 is 4.79 Å². The van der Waals surface area contributed by atoms with Gasteiger partial charge in [-0.05, 0) is 57.4 Å². The van der Waals surface area contributed by atoms with Gasteiger partial charge in [0.15, 0.2) is 5.16 Å². The van der Waals surface area contributed by atoms with E-state index in [0.29, 0.717) is 23.5 Å². The molecular formula is C20H27N3O2S2. The number of piperidine rings is 1. The van der Waals surface area contributed by atoms with Crippen LogP contribution < -0.4 is 5.56 Å². The van der Waals surface area contributed by atoms with E-state index in [1.165, 1.54) is 28.6 Å². The Hall–Kier alpha value is -1.34. The Morgan fingerprint density at radius 2 is 2.15 bits per heavy atom. The molecule has 1 atom stereocenters. The molecule has 5 nitrogen and oxygen atoms in total. The Kier molecular flexibility index (Phi) is 5.60. The lowest BCUT2D eigenvalue weighted by atomic mass is 10.0. The van der Waals surface area contributed by atoms with Crippen LogP contribution in [0, 0.1) is 0 Å². The van der Waals surface area contributed by atoms with E-state index in [1.54, 1.807) is 15.9 Å². The number of aromatic nitrogens is 2. The zero-order chi connectivity index (χ0) is 19.0. The molecule has 0 N–H and O–H groups in total. The van der Waals surface area contributed by atoms with E-state index in [0.717, 1.165) is 55.3 Å². The fourth-order valence-corrected chi connectivity index (χ4v) is 6.48. The molecule has 1 unspecified atom stereocenters. The molecule has 146 valence electrons. The number of likely N-dealkylation sites (tertiary alicyclic amines) is 1. The molecule has 2 aromatic heterocycles. The van der Waals surface area contributed by atoms with Gasteiger partial charge in [0.1, 0.15) is 4.83 Å². The predicted octanol–water partition coefficient (Wildman–Crippen LogP) is 3.85. The van der Waals surface area contributed by atoms with Crippen LogP contribution in [0.5, 0.6) is 0 Å². The maximum Gasteiger partial charge on any atom is 0.263 e. The number of nitrogens with zero attached hydrogens (tertiary/aromatic N) is 3. The van der Waals surface area contributed by atoms with E-state index < -0.39 is 0 Å². The highest BCUT2D eigenvalue weighted by Gasteiger charge is 2.25. The number of hydrogen-bond donors (Lipinski definition) is 0. The molecule has 0 saturated carbocycles. The zero-order valence-corrected chi connectivity index (χ0v) is 17.8. The van der Waals surface area contributed by atoms with Crippen LogP contribution in [0.25, 0.3) is 10.2 Å². The molecule has 1 saturated heterocycles. The number of thiophene rings is 1. The summed E-state index contributed by atoms with van der Waals surface area (Å²) in [4.78, 5) is 34.9. The van der Waals surface area contributed by atoms with Crippen molar-refractivity contribution in [1.29, 1.82) is 0 Å². The number of thioether (sulfide) groups is 1. The van der Waals surface area contributed by atoms with Crippen LogP contribution in [0.2, 0.25) is 0 Å². The molecule has 0 spiro atoms. The smallest absolute Gasteiger partial charge is 0.263 e. The zero-order valence-electron chi connectivity index (χ0n) is 16.1. The van der Waals surface area contributed by atoms with Crippen molar-refractivity contribution in [2.24, 2.45) is 0 Å².